The second-order valence-corrected chi connectivity index (χ2v) is 10.4. The quantitative estimate of drug-likeness (QED) is 0.0825. The predicted octanol–water partition coefficient (Wildman–Crippen LogP) is 7.16. The highest BCUT2D eigenvalue weighted by Gasteiger charge is 2.14. The molecular formula is C34H42N4O4. The number of benzene rings is 3. The van der Waals surface area contributed by atoms with E-state index in [1.165, 1.54) is 11.1 Å². The Morgan fingerprint density at radius 3 is 1.48 bits per heavy atom. The zero-order chi connectivity index (χ0) is 29.0. The highest BCUT2D eigenvalue weighted by atomic mass is 16.6. The van der Waals surface area contributed by atoms with Gasteiger partial charge >= 0.3 is 11.9 Å². The molecule has 0 unspecified atom stereocenters. The Balaban J connectivity index is 0.935. The van der Waals surface area contributed by atoms with Gasteiger partial charge in [0.1, 0.15) is 22.5 Å². The first-order chi connectivity index (χ1) is 20.8. The van der Waals surface area contributed by atoms with Crippen LogP contribution in [-0.2, 0) is 13.1 Å². The maximum Gasteiger partial charge on any atom is 0.309 e. The van der Waals surface area contributed by atoms with E-state index in [4.69, 9.17) is 18.3 Å². The summed E-state index contributed by atoms with van der Waals surface area (Å²) in [6, 6.07) is 24.8. The Hall–Kier alpha value is -4.14. The van der Waals surface area contributed by atoms with Gasteiger partial charge in [0.15, 0.2) is 0 Å². The second-order valence-electron chi connectivity index (χ2n) is 10.4. The van der Waals surface area contributed by atoms with Crippen molar-refractivity contribution in [3.05, 3.63) is 83.9 Å². The van der Waals surface area contributed by atoms with Crippen molar-refractivity contribution in [1.29, 1.82) is 0 Å². The third-order valence-electron chi connectivity index (χ3n) is 7.31. The van der Waals surface area contributed by atoms with Crippen LogP contribution >= 0.6 is 0 Å². The summed E-state index contributed by atoms with van der Waals surface area (Å²) in [5.41, 5.74) is 6.17. The molecule has 8 heteroatoms. The summed E-state index contributed by atoms with van der Waals surface area (Å²) < 4.78 is 22.4. The van der Waals surface area contributed by atoms with Gasteiger partial charge < -0.3 is 39.6 Å². The lowest BCUT2D eigenvalue weighted by molar-refractivity contribution is 0.317. The minimum absolute atomic E-state index is 0.543. The first-order valence-electron chi connectivity index (χ1n) is 14.8. The van der Waals surface area contributed by atoms with E-state index in [9.17, 15) is 0 Å². The lowest BCUT2D eigenvalue weighted by atomic mass is 10.1. The van der Waals surface area contributed by atoms with Crippen LogP contribution in [0.15, 0.2) is 81.6 Å². The molecule has 0 aliphatic carbocycles. The van der Waals surface area contributed by atoms with Crippen molar-refractivity contribution in [1.82, 2.24) is 10.6 Å². The smallest absolute Gasteiger partial charge is 0.309 e. The summed E-state index contributed by atoms with van der Waals surface area (Å²) in [7, 11) is 3.28. The molecule has 0 amide bonds. The van der Waals surface area contributed by atoms with Gasteiger partial charge in [-0.1, -0.05) is 48.5 Å². The summed E-state index contributed by atoms with van der Waals surface area (Å²) >= 11 is 0. The molecule has 42 heavy (non-hydrogen) atoms. The molecule has 3 aromatic carbocycles. The van der Waals surface area contributed by atoms with Crippen LogP contribution < -0.4 is 30.7 Å². The lowest BCUT2D eigenvalue weighted by Crippen LogP contribution is -2.17. The number of anilines is 2. The third kappa shape index (κ3) is 7.57. The average Bonchev–Trinajstić information content (AvgIpc) is 3.58. The van der Waals surface area contributed by atoms with Crippen molar-refractivity contribution in [2.24, 2.45) is 0 Å². The van der Waals surface area contributed by atoms with Gasteiger partial charge in [-0.25, -0.2) is 0 Å². The summed E-state index contributed by atoms with van der Waals surface area (Å²) in [4.78, 5) is 0. The van der Waals surface area contributed by atoms with Crippen molar-refractivity contribution < 1.29 is 18.3 Å². The second kappa shape index (κ2) is 15.2. The van der Waals surface area contributed by atoms with E-state index in [0.29, 0.717) is 11.9 Å². The molecule has 0 aliphatic rings. The number of para-hydroxylation sites is 2. The normalized spacial score (nSPS) is 11.3. The fraction of sp³-hybridized carbons (Fsp3) is 0.353. The van der Waals surface area contributed by atoms with E-state index in [1.807, 2.05) is 36.4 Å². The Morgan fingerprint density at radius 2 is 1.00 bits per heavy atom. The molecule has 0 fully saturated rings. The van der Waals surface area contributed by atoms with Gasteiger partial charge in [-0.2, -0.15) is 0 Å². The van der Waals surface area contributed by atoms with Crippen LogP contribution in [0.5, 0.6) is 11.9 Å². The van der Waals surface area contributed by atoms with Gasteiger partial charge in [0.2, 0.25) is 0 Å². The fourth-order valence-corrected chi connectivity index (χ4v) is 5.16. The monoisotopic (exact) mass is 570 g/mol. The number of nitrogens with one attached hydrogen (secondary N) is 4. The molecule has 0 bridgehead atoms. The lowest BCUT2D eigenvalue weighted by Gasteiger charge is -2.10. The predicted molar refractivity (Wildman–Crippen MR) is 171 cm³/mol. The SMILES string of the molecule is COc1oc2ccccc2c1NCCCCNCc1cccc(CNCCCCNc2c(OC)oc3ccccc23)c1. The van der Waals surface area contributed by atoms with Gasteiger partial charge in [0.25, 0.3) is 0 Å². The fourth-order valence-electron chi connectivity index (χ4n) is 5.16. The molecule has 2 aromatic heterocycles. The van der Waals surface area contributed by atoms with Gasteiger partial charge in [0.05, 0.1) is 14.2 Å². The van der Waals surface area contributed by atoms with Crippen LogP contribution in [0.4, 0.5) is 11.4 Å². The van der Waals surface area contributed by atoms with Crippen LogP contribution in [0, 0.1) is 0 Å². The van der Waals surface area contributed by atoms with Crippen molar-refractivity contribution in [3.8, 4) is 11.9 Å². The summed E-state index contributed by atoms with van der Waals surface area (Å²) in [5.74, 6) is 1.09. The van der Waals surface area contributed by atoms with Crippen molar-refractivity contribution in [2.75, 3.05) is 51.0 Å². The van der Waals surface area contributed by atoms with Gasteiger partial charge in [-0.15, -0.1) is 0 Å². The standard InChI is InChI=1S/C34H42N4O4/c1-39-33-31(27-14-3-5-16-29(27)41-33)37-20-9-7-18-35-23-25-12-11-13-26(22-25)24-36-19-8-10-21-38-32-28-15-4-6-17-30(28)42-34(32)40-2/h3-6,11-17,22,35-38H,7-10,18-21,23-24H2,1-2H3. The minimum atomic E-state index is 0.543. The van der Waals surface area contributed by atoms with Gasteiger partial charge in [0, 0.05) is 37.0 Å². The molecule has 5 aromatic rings. The van der Waals surface area contributed by atoms with Crippen LogP contribution in [-0.4, -0.2) is 40.4 Å². The van der Waals surface area contributed by atoms with Crippen molar-refractivity contribution >= 4 is 33.3 Å². The first-order valence-corrected chi connectivity index (χ1v) is 14.8. The van der Waals surface area contributed by atoms with Crippen molar-refractivity contribution in [2.45, 2.75) is 38.8 Å². The first kappa shape index (κ1) is 29.4. The molecule has 8 nitrogen and oxygen atoms in total. The van der Waals surface area contributed by atoms with Gasteiger partial charge in [-0.05, 0) is 74.2 Å². The van der Waals surface area contributed by atoms with E-state index in [-0.39, 0.29) is 0 Å². The number of rotatable bonds is 18. The maximum absolute atomic E-state index is 5.77. The summed E-state index contributed by atoms with van der Waals surface area (Å²) in [6.07, 6.45) is 4.29. The third-order valence-corrected chi connectivity index (χ3v) is 7.31. The Bertz CT molecular complexity index is 1430. The summed E-state index contributed by atoms with van der Waals surface area (Å²) in [6.45, 7) is 5.43. The molecular weight excluding hydrogens is 528 g/mol. The zero-order valence-corrected chi connectivity index (χ0v) is 24.6. The zero-order valence-electron chi connectivity index (χ0n) is 24.6. The molecule has 4 N–H and O–H groups in total. The van der Waals surface area contributed by atoms with Crippen LogP contribution in [0.3, 0.4) is 0 Å². The molecule has 0 saturated heterocycles. The molecule has 222 valence electrons. The number of hydrogen-bond donors (Lipinski definition) is 4. The van der Waals surface area contributed by atoms with E-state index >= 15 is 0 Å². The molecule has 0 spiro atoms. The number of hydrogen-bond acceptors (Lipinski definition) is 8. The van der Waals surface area contributed by atoms with Crippen LogP contribution in [0.1, 0.15) is 36.8 Å². The maximum atomic E-state index is 5.77. The Kier molecular flexibility index (Phi) is 10.6. The molecule has 5 rings (SSSR count). The average molecular weight is 571 g/mol. The number of fused-ring (bicyclic) bond motifs is 2. The van der Waals surface area contributed by atoms with Crippen LogP contribution in [0.2, 0.25) is 0 Å². The van der Waals surface area contributed by atoms with E-state index in [1.54, 1.807) is 14.2 Å². The van der Waals surface area contributed by atoms with Gasteiger partial charge in [-0.3, -0.25) is 0 Å². The van der Waals surface area contributed by atoms with E-state index in [0.717, 1.165) is 98.3 Å². The number of unbranched alkanes of at least 4 members (excludes halogenated alkanes) is 2. The highest BCUT2D eigenvalue weighted by Crippen LogP contribution is 2.37. The molecule has 0 saturated carbocycles. The molecule has 2 heterocycles. The summed E-state index contributed by atoms with van der Waals surface area (Å²) in [5, 5.41) is 16.3. The molecule has 0 radical (unpaired) electrons. The highest BCUT2D eigenvalue weighted by molar-refractivity contribution is 5.94. The molecule has 0 aliphatic heterocycles. The Labute approximate surface area is 247 Å². The number of furan rings is 2. The number of ether oxygens (including phenoxy) is 2. The van der Waals surface area contributed by atoms with Crippen LogP contribution in [0.25, 0.3) is 21.9 Å². The number of methoxy groups -OCH3 is 2. The minimum Gasteiger partial charge on any atom is -0.467 e. The topological polar surface area (TPSA) is 92.9 Å². The van der Waals surface area contributed by atoms with E-state index in [2.05, 4.69) is 57.7 Å². The Morgan fingerprint density at radius 1 is 0.548 bits per heavy atom. The molecule has 0 atom stereocenters. The van der Waals surface area contributed by atoms with Crippen molar-refractivity contribution in [3.63, 3.8) is 0 Å². The largest absolute Gasteiger partial charge is 0.467 e. The van der Waals surface area contributed by atoms with E-state index < -0.39 is 0 Å².